The number of benzene rings is 1. The van der Waals surface area contributed by atoms with Gasteiger partial charge in [0.05, 0.1) is 6.10 Å². The van der Waals surface area contributed by atoms with Crippen LogP contribution in [0.1, 0.15) is 25.3 Å². The number of rotatable bonds is 7. The first kappa shape index (κ1) is 16.0. The molecule has 1 aromatic rings. The summed E-state index contributed by atoms with van der Waals surface area (Å²) in [5.74, 6) is 0. The van der Waals surface area contributed by atoms with Crippen LogP contribution in [0.2, 0.25) is 0 Å². The highest BCUT2D eigenvalue weighted by atomic mass is 79.9. The van der Waals surface area contributed by atoms with Gasteiger partial charge in [0.1, 0.15) is 0 Å². The van der Waals surface area contributed by atoms with Crippen molar-refractivity contribution in [2.45, 2.75) is 38.5 Å². The number of halogens is 1. The predicted octanol–water partition coefficient (Wildman–Crippen LogP) is 3.04. The topological polar surface area (TPSA) is 24.5 Å². The summed E-state index contributed by atoms with van der Waals surface area (Å²) in [7, 11) is 2.16. The van der Waals surface area contributed by atoms with Gasteiger partial charge >= 0.3 is 0 Å². The standard InChI is InChI=1S/C16H25BrN2O/c1-13(16-8-5-11-20-16)18-9-10-19(2)12-14-6-3-4-7-15(14)17/h3-4,6-7,13,16,18H,5,8-12H2,1-2H3. The van der Waals surface area contributed by atoms with Gasteiger partial charge in [-0.15, -0.1) is 0 Å². The molecule has 1 fully saturated rings. The van der Waals surface area contributed by atoms with E-state index < -0.39 is 0 Å². The number of hydrogen-bond acceptors (Lipinski definition) is 3. The Labute approximate surface area is 130 Å². The Morgan fingerprint density at radius 3 is 2.95 bits per heavy atom. The van der Waals surface area contributed by atoms with Crippen LogP contribution >= 0.6 is 15.9 Å². The van der Waals surface area contributed by atoms with Crippen molar-refractivity contribution in [1.29, 1.82) is 0 Å². The summed E-state index contributed by atoms with van der Waals surface area (Å²) in [5, 5.41) is 3.58. The molecule has 112 valence electrons. The van der Waals surface area contributed by atoms with Gasteiger partial charge in [0, 0.05) is 36.8 Å². The molecule has 2 atom stereocenters. The van der Waals surface area contributed by atoms with E-state index in [2.05, 4.69) is 64.4 Å². The highest BCUT2D eigenvalue weighted by Gasteiger charge is 2.21. The molecule has 0 spiro atoms. The van der Waals surface area contributed by atoms with E-state index in [1.165, 1.54) is 22.9 Å². The smallest absolute Gasteiger partial charge is 0.0726 e. The van der Waals surface area contributed by atoms with Crippen LogP contribution in [-0.2, 0) is 11.3 Å². The summed E-state index contributed by atoms with van der Waals surface area (Å²) in [5.41, 5.74) is 1.34. The van der Waals surface area contributed by atoms with E-state index >= 15 is 0 Å². The minimum Gasteiger partial charge on any atom is -0.377 e. The molecule has 1 aliphatic heterocycles. The van der Waals surface area contributed by atoms with Gasteiger partial charge in [-0.25, -0.2) is 0 Å². The molecule has 2 rings (SSSR count). The molecule has 1 saturated heterocycles. The number of nitrogens with one attached hydrogen (secondary N) is 1. The van der Waals surface area contributed by atoms with E-state index in [9.17, 15) is 0 Å². The fraction of sp³-hybridized carbons (Fsp3) is 0.625. The van der Waals surface area contributed by atoms with Crippen LogP contribution in [0, 0.1) is 0 Å². The van der Waals surface area contributed by atoms with Crippen LogP contribution in [0.25, 0.3) is 0 Å². The largest absolute Gasteiger partial charge is 0.377 e. The Kier molecular flexibility index (Phi) is 6.49. The van der Waals surface area contributed by atoms with E-state index in [1.54, 1.807) is 0 Å². The van der Waals surface area contributed by atoms with Crippen molar-refractivity contribution in [2.75, 3.05) is 26.7 Å². The second-order valence-corrected chi connectivity index (χ2v) is 6.48. The quantitative estimate of drug-likeness (QED) is 0.825. The summed E-state index contributed by atoms with van der Waals surface area (Å²) < 4.78 is 6.89. The van der Waals surface area contributed by atoms with Crippen molar-refractivity contribution in [3.63, 3.8) is 0 Å². The average Bonchev–Trinajstić information content (AvgIpc) is 2.95. The zero-order valence-electron chi connectivity index (χ0n) is 12.4. The summed E-state index contributed by atoms with van der Waals surface area (Å²) >= 11 is 3.60. The Morgan fingerprint density at radius 2 is 2.25 bits per heavy atom. The van der Waals surface area contributed by atoms with Crippen molar-refractivity contribution in [2.24, 2.45) is 0 Å². The molecule has 0 aromatic heterocycles. The second-order valence-electron chi connectivity index (χ2n) is 5.62. The molecular weight excluding hydrogens is 316 g/mol. The molecule has 0 saturated carbocycles. The van der Waals surface area contributed by atoms with Gasteiger partial charge in [-0.05, 0) is 38.4 Å². The lowest BCUT2D eigenvalue weighted by molar-refractivity contribution is 0.0829. The molecular formula is C16H25BrN2O. The SMILES string of the molecule is CC(NCCN(C)Cc1ccccc1Br)C1CCCO1. The maximum Gasteiger partial charge on any atom is 0.0726 e. The van der Waals surface area contributed by atoms with Crippen molar-refractivity contribution in [1.82, 2.24) is 10.2 Å². The maximum absolute atomic E-state index is 5.70. The monoisotopic (exact) mass is 340 g/mol. The first-order chi connectivity index (χ1) is 9.66. The van der Waals surface area contributed by atoms with E-state index in [-0.39, 0.29) is 0 Å². The number of nitrogens with zero attached hydrogens (tertiary/aromatic N) is 1. The molecule has 1 aliphatic rings. The van der Waals surface area contributed by atoms with Crippen molar-refractivity contribution < 1.29 is 4.74 Å². The minimum atomic E-state index is 0.406. The number of hydrogen-bond donors (Lipinski definition) is 1. The molecule has 0 bridgehead atoms. The molecule has 3 nitrogen and oxygen atoms in total. The van der Waals surface area contributed by atoms with Crippen molar-refractivity contribution in [3.05, 3.63) is 34.3 Å². The van der Waals surface area contributed by atoms with Gasteiger partial charge in [-0.3, -0.25) is 0 Å². The van der Waals surface area contributed by atoms with Crippen LogP contribution in [0.5, 0.6) is 0 Å². The first-order valence-electron chi connectivity index (χ1n) is 7.44. The Bertz CT molecular complexity index is 407. The molecule has 0 amide bonds. The summed E-state index contributed by atoms with van der Waals surface area (Å²) in [6.45, 7) is 6.17. The third-order valence-electron chi connectivity index (χ3n) is 3.88. The molecule has 1 aromatic carbocycles. The number of likely N-dealkylation sites (N-methyl/N-ethyl adjacent to an activating group) is 1. The van der Waals surface area contributed by atoms with Gasteiger partial charge in [0.25, 0.3) is 0 Å². The van der Waals surface area contributed by atoms with Gasteiger partial charge in [0.2, 0.25) is 0 Å². The van der Waals surface area contributed by atoms with Crippen LogP contribution in [-0.4, -0.2) is 43.8 Å². The molecule has 0 aliphatic carbocycles. The Hall–Kier alpha value is -0.420. The fourth-order valence-electron chi connectivity index (χ4n) is 2.61. The van der Waals surface area contributed by atoms with E-state index in [4.69, 9.17) is 4.74 Å². The van der Waals surface area contributed by atoms with E-state index in [0.29, 0.717) is 12.1 Å². The molecule has 4 heteroatoms. The van der Waals surface area contributed by atoms with Crippen LogP contribution in [0.4, 0.5) is 0 Å². The van der Waals surface area contributed by atoms with Gasteiger partial charge in [0.15, 0.2) is 0 Å². The lowest BCUT2D eigenvalue weighted by Crippen LogP contribution is -2.40. The maximum atomic E-state index is 5.70. The fourth-order valence-corrected chi connectivity index (χ4v) is 3.02. The van der Waals surface area contributed by atoms with Crippen LogP contribution < -0.4 is 5.32 Å². The average molecular weight is 341 g/mol. The minimum absolute atomic E-state index is 0.406. The lowest BCUT2D eigenvalue weighted by atomic mass is 10.1. The van der Waals surface area contributed by atoms with Crippen molar-refractivity contribution in [3.8, 4) is 0 Å². The molecule has 1 N–H and O–H groups in total. The summed E-state index contributed by atoms with van der Waals surface area (Å²) in [4.78, 5) is 2.34. The van der Waals surface area contributed by atoms with Gasteiger partial charge in [-0.2, -0.15) is 0 Å². The Balaban J connectivity index is 1.67. The summed E-state index contributed by atoms with van der Waals surface area (Å²) in [6, 6.07) is 8.86. The molecule has 20 heavy (non-hydrogen) atoms. The van der Waals surface area contributed by atoms with Crippen LogP contribution in [0.3, 0.4) is 0 Å². The van der Waals surface area contributed by atoms with Gasteiger partial charge in [-0.1, -0.05) is 34.1 Å². The molecule has 1 heterocycles. The highest BCUT2D eigenvalue weighted by Crippen LogP contribution is 2.17. The second kappa shape index (κ2) is 8.13. The first-order valence-corrected chi connectivity index (χ1v) is 8.23. The molecule has 0 radical (unpaired) electrons. The van der Waals surface area contributed by atoms with E-state index in [1.807, 2.05) is 0 Å². The third-order valence-corrected chi connectivity index (χ3v) is 4.65. The van der Waals surface area contributed by atoms with Crippen molar-refractivity contribution >= 4 is 15.9 Å². The zero-order valence-corrected chi connectivity index (χ0v) is 14.0. The third kappa shape index (κ3) is 4.85. The highest BCUT2D eigenvalue weighted by molar-refractivity contribution is 9.10. The predicted molar refractivity (Wildman–Crippen MR) is 86.9 cm³/mol. The van der Waals surface area contributed by atoms with Crippen LogP contribution in [0.15, 0.2) is 28.7 Å². The normalized spacial score (nSPS) is 20.5. The lowest BCUT2D eigenvalue weighted by Gasteiger charge is -2.23. The molecule has 2 unspecified atom stereocenters. The zero-order chi connectivity index (χ0) is 14.4. The van der Waals surface area contributed by atoms with E-state index in [0.717, 1.165) is 26.2 Å². The number of ether oxygens (including phenoxy) is 1. The summed E-state index contributed by atoms with van der Waals surface area (Å²) in [6.07, 6.45) is 2.81. The Morgan fingerprint density at radius 1 is 1.45 bits per heavy atom. The van der Waals surface area contributed by atoms with Gasteiger partial charge < -0.3 is 15.0 Å².